The van der Waals surface area contributed by atoms with Gasteiger partial charge in [-0.2, -0.15) is 5.10 Å². The average Bonchev–Trinajstić information content (AvgIpc) is 2.49. The number of nitrogens with two attached hydrogens (primary N) is 1. The van der Waals surface area contributed by atoms with Gasteiger partial charge >= 0.3 is 6.03 Å². The van der Waals surface area contributed by atoms with Crippen LogP contribution < -0.4 is 11.2 Å². The molecule has 0 heterocycles. The van der Waals surface area contributed by atoms with Gasteiger partial charge in [0.2, 0.25) is 0 Å². The highest BCUT2D eigenvalue weighted by Gasteiger charge is 2.15. The predicted molar refractivity (Wildman–Crippen MR) is 80.6 cm³/mol. The average molecular weight is 267 g/mol. The molecule has 4 nitrogen and oxygen atoms in total. The first-order chi connectivity index (χ1) is 9.68. The Morgan fingerprint density at radius 1 is 1.05 bits per heavy atom. The van der Waals surface area contributed by atoms with E-state index in [0.717, 1.165) is 16.8 Å². The van der Waals surface area contributed by atoms with Gasteiger partial charge in [-0.25, -0.2) is 10.2 Å². The van der Waals surface area contributed by atoms with Crippen molar-refractivity contribution < 1.29 is 4.79 Å². The molecule has 0 aliphatic carbocycles. The van der Waals surface area contributed by atoms with Crippen LogP contribution in [-0.4, -0.2) is 11.7 Å². The molecule has 2 aromatic rings. The smallest absolute Gasteiger partial charge is 0.332 e. The predicted octanol–water partition coefficient (Wildman–Crippen LogP) is 2.86. The van der Waals surface area contributed by atoms with Crippen molar-refractivity contribution >= 4 is 11.7 Å². The van der Waals surface area contributed by atoms with Crippen LogP contribution in [0.3, 0.4) is 0 Å². The fourth-order valence-electron chi connectivity index (χ4n) is 2.04. The Labute approximate surface area is 118 Å². The van der Waals surface area contributed by atoms with Gasteiger partial charge in [-0.05, 0) is 11.1 Å². The van der Waals surface area contributed by atoms with Crippen LogP contribution in [0, 0.1) is 0 Å². The van der Waals surface area contributed by atoms with Gasteiger partial charge in [0.05, 0.1) is 5.71 Å². The lowest BCUT2D eigenvalue weighted by Gasteiger charge is -2.15. The van der Waals surface area contributed by atoms with Gasteiger partial charge in [-0.15, -0.1) is 0 Å². The van der Waals surface area contributed by atoms with E-state index >= 15 is 0 Å². The van der Waals surface area contributed by atoms with Gasteiger partial charge in [0.1, 0.15) is 0 Å². The number of rotatable bonds is 4. The Bertz CT molecular complexity index is 594. The van der Waals surface area contributed by atoms with Gasteiger partial charge in [0, 0.05) is 5.92 Å². The van der Waals surface area contributed by atoms with Crippen molar-refractivity contribution in [2.75, 3.05) is 0 Å². The van der Waals surface area contributed by atoms with Crippen LogP contribution in [0.5, 0.6) is 0 Å². The van der Waals surface area contributed by atoms with E-state index in [0.29, 0.717) is 0 Å². The normalized spacial score (nSPS) is 12.8. The standard InChI is InChI=1S/C16H17N3O/c1-12(13-8-4-2-5-9-13)15(18-19-16(17)20)14-10-6-3-7-11-14/h2-12H,1H3,(H3,17,19,20)/b18-15+. The van der Waals surface area contributed by atoms with Crippen molar-refractivity contribution in [1.82, 2.24) is 5.43 Å². The number of carbonyl (C=O) groups excluding carboxylic acids is 1. The maximum absolute atomic E-state index is 10.9. The van der Waals surface area contributed by atoms with E-state index < -0.39 is 6.03 Å². The molecule has 0 aromatic heterocycles. The number of hydrazone groups is 1. The molecule has 2 rings (SSSR count). The molecule has 102 valence electrons. The monoisotopic (exact) mass is 267 g/mol. The largest absolute Gasteiger partial charge is 0.350 e. The van der Waals surface area contributed by atoms with E-state index in [4.69, 9.17) is 5.73 Å². The van der Waals surface area contributed by atoms with Crippen molar-refractivity contribution in [3.05, 3.63) is 71.8 Å². The topological polar surface area (TPSA) is 67.5 Å². The summed E-state index contributed by atoms with van der Waals surface area (Å²) < 4.78 is 0. The molecule has 4 heteroatoms. The molecule has 0 aliphatic heterocycles. The first-order valence-electron chi connectivity index (χ1n) is 6.42. The lowest BCUT2D eigenvalue weighted by Crippen LogP contribution is -2.27. The molecule has 2 amide bonds. The molecule has 3 N–H and O–H groups in total. The molecule has 0 bridgehead atoms. The Morgan fingerprint density at radius 2 is 1.60 bits per heavy atom. The van der Waals surface area contributed by atoms with E-state index in [2.05, 4.69) is 10.5 Å². The number of benzene rings is 2. The minimum atomic E-state index is -0.668. The van der Waals surface area contributed by atoms with Crippen molar-refractivity contribution in [2.24, 2.45) is 10.8 Å². The van der Waals surface area contributed by atoms with E-state index in [-0.39, 0.29) is 5.92 Å². The molecule has 1 atom stereocenters. The van der Waals surface area contributed by atoms with Crippen molar-refractivity contribution in [1.29, 1.82) is 0 Å². The maximum atomic E-state index is 10.9. The zero-order chi connectivity index (χ0) is 14.4. The SMILES string of the molecule is CC(/C(=N\NC(N)=O)c1ccccc1)c1ccccc1. The Balaban J connectivity index is 2.37. The van der Waals surface area contributed by atoms with Crippen molar-refractivity contribution in [2.45, 2.75) is 12.8 Å². The summed E-state index contributed by atoms with van der Waals surface area (Å²) in [4.78, 5) is 10.9. The van der Waals surface area contributed by atoms with Crippen LogP contribution in [0.4, 0.5) is 4.79 Å². The molecule has 0 radical (unpaired) electrons. The highest BCUT2D eigenvalue weighted by atomic mass is 16.2. The Hall–Kier alpha value is -2.62. The molecular weight excluding hydrogens is 250 g/mol. The molecule has 1 unspecified atom stereocenters. The van der Waals surface area contributed by atoms with Gasteiger partial charge in [0.15, 0.2) is 0 Å². The number of urea groups is 1. The van der Waals surface area contributed by atoms with E-state index in [1.54, 1.807) is 0 Å². The first-order valence-corrected chi connectivity index (χ1v) is 6.42. The minimum Gasteiger partial charge on any atom is -0.350 e. The third kappa shape index (κ3) is 3.45. The fourth-order valence-corrected chi connectivity index (χ4v) is 2.04. The molecule has 0 spiro atoms. The summed E-state index contributed by atoms with van der Waals surface area (Å²) in [6, 6.07) is 19.1. The molecule has 0 saturated carbocycles. The van der Waals surface area contributed by atoms with Crippen molar-refractivity contribution in [3.8, 4) is 0 Å². The van der Waals surface area contributed by atoms with Gasteiger partial charge in [-0.1, -0.05) is 67.6 Å². The van der Waals surface area contributed by atoms with Gasteiger partial charge in [0.25, 0.3) is 0 Å². The second-order valence-corrected chi connectivity index (χ2v) is 4.47. The molecule has 0 saturated heterocycles. The summed E-state index contributed by atoms with van der Waals surface area (Å²) in [5, 5.41) is 4.16. The van der Waals surface area contributed by atoms with E-state index in [1.165, 1.54) is 0 Å². The van der Waals surface area contributed by atoms with E-state index in [9.17, 15) is 4.79 Å². The zero-order valence-electron chi connectivity index (χ0n) is 11.3. The Kier molecular flexibility index (Phi) is 4.50. The number of hydrogen-bond donors (Lipinski definition) is 2. The van der Waals surface area contributed by atoms with E-state index in [1.807, 2.05) is 67.6 Å². The Morgan fingerprint density at radius 3 is 2.15 bits per heavy atom. The highest BCUT2D eigenvalue weighted by molar-refractivity contribution is 6.05. The van der Waals surface area contributed by atoms with Crippen LogP contribution in [0.1, 0.15) is 24.0 Å². The number of hydrogen-bond acceptors (Lipinski definition) is 2. The lowest BCUT2D eigenvalue weighted by molar-refractivity contribution is 0.249. The summed E-state index contributed by atoms with van der Waals surface area (Å²) in [5.74, 6) is 0.0467. The van der Waals surface area contributed by atoms with Crippen LogP contribution >= 0.6 is 0 Å². The quantitative estimate of drug-likeness (QED) is 0.649. The fraction of sp³-hybridized carbons (Fsp3) is 0.125. The van der Waals surface area contributed by atoms with Crippen LogP contribution in [0.15, 0.2) is 65.8 Å². The summed E-state index contributed by atoms with van der Waals surface area (Å²) in [5.41, 5.74) is 10.3. The summed E-state index contributed by atoms with van der Waals surface area (Å²) in [6.45, 7) is 2.05. The van der Waals surface area contributed by atoms with Gasteiger partial charge < -0.3 is 5.73 Å². The van der Waals surface area contributed by atoms with Crippen molar-refractivity contribution in [3.63, 3.8) is 0 Å². The molecule has 2 aromatic carbocycles. The number of carbonyl (C=O) groups is 1. The number of nitrogens with one attached hydrogen (secondary N) is 1. The summed E-state index contributed by atoms with van der Waals surface area (Å²) in [6.07, 6.45) is 0. The summed E-state index contributed by atoms with van der Waals surface area (Å²) >= 11 is 0. The zero-order valence-corrected chi connectivity index (χ0v) is 11.3. The second-order valence-electron chi connectivity index (χ2n) is 4.47. The number of nitrogens with zero attached hydrogens (tertiary/aromatic N) is 1. The highest BCUT2D eigenvalue weighted by Crippen LogP contribution is 2.20. The van der Waals surface area contributed by atoms with Gasteiger partial charge in [-0.3, -0.25) is 0 Å². The molecule has 0 fully saturated rings. The molecule has 20 heavy (non-hydrogen) atoms. The third-order valence-corrected chi connectivity index (χ3v) is 3.07. The van der Waals surface area contributed by atoms with Crippen LogP contribution in [0.25, 0.3) is 0 Å². The van der Waals surface area contributed by atoms with Crippen LogP contribution in [0.2, 0.25) is 0 Å². The molecule has 0 aliphatic rings. The summed E-state index contributed by atoms with van der Waals surface area (Å²) in [7, 11) is 0. The molecular formula is C16H17N3O. The third-order valence-electron chi connectivity index (χ3n) is 3.07. The van der Waals surface area contributed by atoms with Crippen LogP contribution in [-0.2, 0) is 0 Å². The number of amides is 2. The maximum Gasteiger partial charge on any atom is 0.332 e. The lowest BCUT2D eigenvalue weighted by atomic mass is 9.92. The number of primary amides is 1. The first kappa shape index (κ1) is 13.8. The minimum absolute atomic E-state index is 0.0467. The second kappa shape index (κ2) is 6.52.